The van der Waals surface area contributed by atoms with Crippen LogP contribution in [-0.4, -0.2) is 38.8 Å². The smallest absolute Gasteiger partial charge is 0.454 e. The lowest BCUT2D eigenvalue weighted by Gasteiger charge is -2.24. The number of hydrogen-bond donors (Lipinski definition) is 10. The number of aromatic hydroxyl groups is 2. The zero-order valence-electron chi connectivity index (χ0n) is 48.8. The lowest BCUT2D eigenvalue weighted by atomic mass is 9.81. The number of nitrogen functional groups attached to an aromatic ring is 8. The van der Waals surface area contributed by atoms with Gasteiger partial charge in [-0.15, -0.1) is 0 Å². The highest BCUT2D eigenvalue weighted by atomic mass is 32.2. The van der Waals surface area contributed by atoms with E-state index in [4.69, 9.17) is 64.2 Å². The highest BCUT2D eigenvalue weighted by Crippen LogP contribution is 2.41. The van der Waals surface area contributed by atoms with E-state index in [2.05, 4.69) is 24.3 Å². The predicted octanol–water partition coefficient (Wildman–Crippen LogP) is 13.5. The van der Waals surface area contributed by atoms with E-state index in [-0.39, 0.29) is 54.9 Å². The van der Waals surface area contributed by atoms with Crippen LogP contribution in [0.5, 0.6) is 46.0 Å². The van der Waals surface area contributed by atoms with Crippen molar-refractivity contribution in [1.29, 1.82) is 0 Å². The van der Waals surface area contributed by atoms with Crippen molar-refractivity contribution in [2.45, 2.75) is 22.9 Å². The van der Waals surface area contributed by atoms with Gasteiger partial charge in [0.15, 0.2) is 5.78 Å². The topological polar surface area (TPSA) is 354 Å². The fourth-order valence-electron chi connectivity index (χ4n) is 9.22. The summed E-state index contributed by atoms with van der Waals surface area (Å²) in [6.07, 6.45) is 0. The third-order valence-electron chi connectivity index (χ3n) is 13.7. The molecule has 20 heteroatoms. The molecule has 454 valence electrons. The summed E-state index contributed by atoms with van der Waals surface area (Å²) in [5, 5.41) is 19.6. The van der Waals surface area contributed by atoms with Gasteiger partial charge in [-0.2, -0.15) is 0 Å². The third-order valence-corrected chi connectivity index (χ3v) is 16.9. The molecule has 12 rings (SSSR count). The molecule has 0 amide bonds. The minimum Gasteiger partial charge on any atom is -0.512 e. The van der Waals surface area contributed by atoms with Crippen LogP contribution in [0.3, 0.4) is 0 Å². The summed E-state index contributed by atoms with van der Waals surface area (Å²) in [5.41, 5.74) is 54.1. The summed E-state index contributed by atoms with van der Waals surface area (Å²) in [5.74, 6) is 1.71. The normalized spacial score (nSPS) is 11.4. The van der Waals surface area contributed by atoms with E-state index in [0.29, 0.717) is 45.7 Å². The summed E-state index contributed by atoms with van der Waals surface area (Å²) in [6, 6.07) is 70.5. The zero-order valence-corrected chi connectivity index (χ0v) is 50.6. The van der Waals surface area contributed by atoms with E-state index in [1.807, 2.05) is 110 Å². The average Bonchev–Trinajstić information content (AvgIpc) is 0.753. The van der Waals surface area contributed by atoms with Crippen LogP contribution >= 0.6 is 0 Å². The number of nitrogens with two attached hydrogens (primary N) is 8. The second-order valence-corrected chi connectivity index (χ2v) is 26.0. The number of sulfone groups is 1. The van der Waals surface area contributed by atoms with Gasteiger partial charge in [0.1, 0.15) is 46.0 Å². The first kappa shape index (κ1) is 62.7. The molecule has 0 heterocycles. The maximum Gasteiger partial charge on any atom is 0.454 e. The van der Waals surface area contributed by atoms with E-state index in [9.17, 15) is 28.2 Å². The van der Waals surface area contributed by atoms with Gasteiger partial charge in [-0.05, 0) is 192 Å². The Labute approximate surface area is 521 Å². The number of carbonyl (C=O) groups is 2. The van der Waals surface area contributed by atoms with Crippen molar-refractivity contribution in [1.82, 2.24) is 0 Å². The molecule has 0 unspecified atom stereocenters. The predicted molar refractivity (Wildman–Crippen MR) is 359 cm³/mol. The van der Waals surface area contributed by atoms with Gasteiger partial charge in [0, 0.05) is 70.7 Å². The van der Waals surface area contributed by atoms with Crippen molar-refractivity contribution >= 4 is 75.5 Å². The number of anilines is 8. The van der Waals surface area contributed by atoms with Crippen LogP contribution in [0.4, 0.5) is 45.5 Å². The molecular formula is C70H64N8O10SSi. The van der Waals surface area contributed by atoms with Crippen LogP contribution in [-0.2, 0) is 9.84 Å². The van der Waals surface area contributed by atoms with Crippen molar-refractivity contribution in [3.63, 3.8) is 0 Å². The molecule has 0 saturated carbocycles. The Balaban J connectivity index is 0.000000146. The van der Waals surface area contributed by atoms with Crippen LogP contribution in [0, 0.1) is 0 Å². The lowest BCUT2D eigenvalue weighted by Crippen LogP contribution is -2.41. The number of rotatable bonds is 12. The van der Waals surface area contributed by atoms with Crippen LogP contribution in [0.15, 0.2) is 252 Å². The Morgan fingerprint density at radius 2 is 0.611 bits per heavy atom. The largest absolute Gasteiger partial charge is 0.512 e. The first-order valence-electron chi connectivity index (χ1n) is 27.8. The average molecular weight is 1240 g/mol. The number of ketones is 2. The third kappa shape index (κ3) is 15.6. The van der Waals surface area contributed by atoms with Gasteiger partial charge in [-0.3, -0.25) is 9.59 Å². The van der Waals surface area contributed by atoms with Crippen molar-refractivity contribution in [2.75, 3.05) is 45.9 Å². The van der Waals surface area contributed by atoms with Crippen LogP contribution in [0.1, 0.15) is 31.8 Å². The van der Waals surface area contributed by atoms with Gasteiger partial charge in [-0.1, -0.05) is 60.7 Å². The molecule has 11 aromatic rings. The molecule has 0 atom stereocenters. The maximum atomic E-state index is 12.9. The monoisotopic (exact) mass is 1240 g/mol. The van der Waals surface area contributed by atoms with E-state index < -0.39 is 30.0 Å². The van der Waals surface area contributed by atoms with Gasteiger partial charge in [0.25, 0.3) is 0 Å². The van der Waals surface area contributed by atoms with Crippen LogP contribution in [0.25, 0.3) is 22.3 Å². The second-order valence-electron chi connectivity index (χ2n) is 20.9. The number of hydrogen-bond acceptors (Lipinski definition) is 18. The molecule has 1 aliphatic rings. The summed E-state index contributed by atoms with van der Waals surface area (Å²) in [7, 11) is -5.98. The minimum atomic E-state index is -3.68. The Kier molecular flexibility index (Phi) is 19.0. The van der Waals surface area contributed by atoms with Crippen LogP contribution < -0.4 is 64.2 Å². The number of carbonyl (C=O) groups excluding carboxylic acids is 2. The number of phenols is 2. The second kappa shape index (κ2) is 27.2. The molecular weight excluding hydrogens is 1170 g/mol. The summed E-state index contributed by atoms with van der Waals surface area (Å²) >= 11 is 0. The Morgan fingerprint density at radius 3 is 0.933 bits per heavy atom. The first-order chi connectivity index (χ1) is 43.0. The van der Waals surface area contributed by atoms with E-state index >= 15 is 0 Å². The maximum absolute atomic E-state index is 12.9. The Morgan fingerprint density at radius 1 is 0.322 bits per heavy atom. The standard InChI is InChI=1S/C24H20N2O4S.C18H16N2.C14H10N2O4.C14H18N2O2Si/c25-17-3-1-5-21(15-17)29-19-7-11-23(12-8-19)31(27,28)24-13-9-20(10-14-24)30-22-6-2-4-18(26)16-22;19-17-9-5-15(6-10-17)13-1-2-14(4-3-13)16-7-11-18(20)12-8-16;15-5-1-3-7(17)11-9(5)13(19)10-6(16)2-4-8(18)12(10)14(11)20;1-19(2,17-13-7-3-11(15)4-8-13)18-14-9-5-12(16)6-10-14/h1-16H,25-26H2;1-12H,19-20H2;1-4,17-18H,15-16H2;3-10H,15-16H2,1-2H3. The molecule has 18 N–H and O–H groups in total. The molecule has 0 fully saturated rings. The summed E-state index contributed by atoms with van der Waals surface area (Å²) in [6.45, 7) is 3.97. The van der Waals surface area contributed by atoms with Gasteiger partial charge in [-0.25, -0.2) is 8.42 Å². The van der Waals surface area contributed by atoms with E-state index in [1.54, 1.807) is 72.8 Å². The summed E-state index contributed by atoms with van der Waals surface area (Å²) < 4.78 is 49.2. The van der Waals surface area contributed by atoms with Crippen molar-refractivity contribution in [3.05, 3.63) is 265 Å². The molecule has 90 heavy (non-hydrogen) atoms. The van der Waals surface area contributed by atoms with Gasteiger partial charge in [0.2, 0.25) is 15.6 Å². The zero-order chi connectivity index (χ0) is 64.3. The van der Waals surface area contributed by atoms with Crippen molar-refractivity contribution in [2.24, 2.45) is 0 Å². The molecule has 0 saturated heterocycles. The van der Waals surface area contributed by atoms with Crippen molar-refractivity contribution in [3.8, 4) is 68.2 Å². The fourth-order valence-corrected chi connectivity index (χ4v) is 11.9. The van der Waals surface area contributed by atoms with E-state index in [1.165, 1.54) is 70.8 Å². The highest BCUT2D eigenvalue weighted by molar-refractivity contribution is 7.91. The Hall–Kier alpha value is -11.9. The number of ether oxygens (including phenoxy) is 2. The SMILES string of the molecule is C[Si](C)(Oc1ccc(N)cc1)Oc1ccc(N)cc1.Nc1ccc(-c2ccc(-c3ccc(N)cc3)cc2)cc1.Nc1ccc(O)c2c1C(=O)c1c(N)ccc(O)c1C2=O.Nc1cccc(Oc2ccc(S(=O)(=O)c3ccc(Oc4cccc(N)c4)cc3)cc2)c1. The molecule has 0 radical (unpaired) electrons. The first-order valence-corrected chi connectivity index (χ1v) is 32.1. The molecule has 0 aromatic heterocycles. The van der Waals surface area contributed by atoms with Gasteiger partial charge < -0.3 is 74.4 Å². The molecule has 0 aliphatic heterocycles. The number of fused-ring (bicyclic) bond motifs is 2. The molecule has 1 aliphatic carbocycles. The highest BCUT2D eigenvalue weighted by Gasteiger charge is 2.37. The van der Waals surface area contributed by atoms with E-state index in [0.717, 1.165) is 22.9 Å². The molecule has 0 bridgehead atoms. The number of phenolic OH excluding ortho intramolecular Hbond substituents is 2. The van der Waals surface area contributed by atoms with Gasteiger partial charge >= 0.3 is 8.56 Å². The Bertz CT molecular complexity index is 4130. The molecule has 11 aromatic carbocycles. The molecule has 18 nitrogen and oxygen atoms in total. The van der Waals surface area contributed by atoms with Gasteiger partial charge in [0.05, 0.1) is 32.0 Å². The minimum absolute atomic E-state index is 0.0737. The number of benzene rings is 11. The van der Waals surface area contributed by atoms with Crippen LogP contribution in [0.2, 0.25) is 13.1 Å². The fraction of sp³-hybridized carbons (Fsp3) is 0.0286. The van der Waals surface area contributed by atoms with Crippen molar-refractivity contribution < 1.29 is 46.5 Å². The molecule has 0 spiro atoms. The lowest BCUT2D eigenvalue weighted by molar-refractivity contribution is 0.0975. The summed E-state index contributed by atoms with van der Waals surface area (Å²) in [4.78, 5) is 25.2. The quantitative estimate of drug-likeness (QED) is 0.0308.